The number of carbonyl (C=O) groups is 1. The number of phenolic OH excluding ortho intramolecular Hbond substituents is 2. The average Bonchev–Trinajstić information content (AvgIpc) is 3.14. The zero-order chi connectivity index (χ0) is 38.7. The minimum absolute atomic E-state index is 0.0290. The molecule has 0 saturated carbocycles. The van der Waals surface area contributed by atoms with Gasteiger partial charge in [0.25, 0.3) is 0 Å². The molecule has 0 unspecified atom stereocenters. The molecule has 3 fully saturated rings. The summed E-state index contributed by atoms with van der Waals surface area (Å²) in [7, 11) is 0. The summed E-state index contributed by atoms with van der Waals surface area (Å²) in [6, 6.07) is 7.59. The first-order valence-corrected chi connectivity index (χ1v) is 16.3. The molecule has 0 bridgehead atoms. The third-order valence-corrected chi connectivity index (χ3v) is 8.91. The standard InChI is InChI=1S/C33H42O20/c34-9-18-22(39)25(42)28(45)31(51-18)48-11-20-24(41)27(44)29(46)32(53-20)49-14-7-16(38)21(15(37)6-3-12-1-4-13(36)5-2-12)17(8-14)50-33-30(47)26(43)23(40)19(10-35)52-33/h1-8,18-20,22-36,38-47H,9-11H2/t18-,19-,20-,22-,23-,24-,25+,26+,27+,28-,29-,30-,31-,32-,33-/m1/s1. The third kappa shape index (κ3) is 8.89. The van der Waals surface area contributed by atoms with E-state index in [9.17, 15) is 71.2 Å². The Morgan fingerprint density at radius 3 is 1.68 bits per heavy atom. The van der Waals surface area contributed by atoms with Gasteiger partial charge in [-0.05, 0) is 23.8 Å². The number of benzene rings is 2. The number of ether oxygens (including phenoxy) is 6. The lowest BCUT2D eigenvalue weighted by Gasteiger charge is -2.42. The van der Waals surface area contributed by atoms with Crippen LogP contribution in [0.25, 0.3) is 6.08 Å². The second-order valence-corrected chi connectivity index (χ2v) is 12.6. The predicted molar refractivity (Wildman–Crippen MR) is 171 cm³/mol. The van der Waals surface area contributed by atoms with Gasteiger partial charge in [0, 0.05) is 12.1 Å². The maximum atomic E-state index is 13.4. The molecule has 0 aromatic heterocycles. The number of aliphatic hydroxyl groups is 11. The van der Waals surface area contributed by atoms with E-state index in [0.29, 0.717) is 5.56 Å². The van der Waals surface area contributed by atoms with Crippen molar-refractivity contribution in [3.05, 3.63) is 53.6 Å². The fraction of sp³-hybridized carbons (Fsp3) is 0.545. The highest BCUT2D eigenvalue weighted by Crippen LogP contribution is 2.38. The minimum Gasteiger partial charge on any atom is -0.508 e. The molecule has 0 amide bonds. The number of hydrogen-bond acceptors (Lipinski definition) is 20. The number of carbonyl (C=O) groups excluding carboxylic acids is 1. The Kier molecular flexibility index (Phi) is 13.2. The van der Waals surface area contributed by atoms with Gasteiger partial charge in [0.2, 0.25) is 12.6 Å². The lowest BCUT2D eigenvalue weighted by molar-refractivity contribution is -0.323. The van der Waals surface area contributed by atoms with Crippen molar-refractivity contribution in [2.24, 2.45) is 0 Å². The minimum atomic E-state index is -1.96. The molecule has 15 atom stereocenters. The fourth-order valence-electron chi connectivity index (χ4n) is 5.80. The summed E-state index contributed by atoms with van der Waals surface area (Å²) in [6.45, 7) is -2.24. The first-order chi connectivity index (χ1) is 25.1. The first kappa shape index (κ1) is 40.6. The van der Waals surface area contributed by atoms with E-state index in [0.717, 1.165) is 18.2 Å². The van der Waals surface area contributed by atoms with E-state index in [4.69, 9.17) is 28.4 Å². The smallest absolute Gasteiger partial charge is 0.229 e. The maximum absolute atomic E-state index is 13.4. The second-order valence-electron chi connectivity index (χ2n) is 12.6. The maximum Gasteiger partial charge on any atom is 0.229 e. The van der Waals surface area contributed by atoms with Crippen molar-refractivity contribution in [2.75, 3.05) is 19.8 Å². The molecule has 3 saturated heterocycles. The Bertz CT molecular complexity index is 1550. The molecule has 3 aliphatic heterocycles. The Hall–Kier alpha value is -3.55. The van der Waals surface area contributed by atoms with E-state index in [1.54, 1.807) is 0 Å². The number of aromatic hydroxyl groups is 2. The van der Waals surface area contributed by atoms with Crippen molar-refractivity contribution in [2.45, 2.75) is 92.1 Å². The molecular formula is C33H42O20. The van der Waals surface area contributed by atoms with Crippen LogP contribution in [0.2, 0.25) is 0 Å². The highest BCUT2D eigenvalue weighted by atomic mass is 16.7. The Morgan fingerprint density at radius 1 is 0.623 bits per heavy atom. The Morgan fingerprint density at radius 2 is 1.11 bits per heavy atom. The quantitative estimate of drug-likeness (QED) is 0.0713. The molecule has 20 nitrogen and oxygen atoms in total. The molecule has 0 radical (unpaired) electrons. The molecule has 53 heavy (non-hydrogen) atoms. The van der Waals surface area contributed by atoms with Gasteiger partial charge in [-0.25, -0.2) is 0 Å². The fourth-order valence-corrected chi connectivity index (χ4v) is 5.80. The molecule has 13 N–H and O–H groups in total. The topological polar surface area (TPSA) is 335 Å². The average molecular weight is 759 g/mol. The largest absolute Gasteiger partial charge is 0.508 e. The summed E-state index contributed by atoms with van der Waals surface area (Å²) in [5.41, 5.74) is -0.0584. The summed E-state index contributed by atoms with van der Waals surface area (Å²) in [6.07, 6.45) is -23.8. The van der Waals surface area contributed by atoms with Crippen LogP contribution in [-0.4, -0.2) is 184 Å². The van der Waals surface area contributed by atoms with Gasteiger partial charge >= 0.3 is 0 Å². The SMILES string of the molecule is O=C(C=Cc1ccc(O)cc1)c1c(O)cc(O[C@@H]2O[C@H](CO[C@@H]3O[C@H](CO)[C@@H](O)[C@H](O)[C@H]3O)[C@@H](O)[C@H](O)[C@H]2O)cc1O[C@@H]1O[C@H](CO)[C@@H](O)[C@H](O)[C@H]1O. The number of aliphatic hydroxyl groups excluding tert-OH is 11. The summed E-state index contributed by atoms with van der Waals surface area (Å²) < 4.78 is 33.0. The summed E-state index contributed by atoms with van der Waals surface area (Å²) >= 11 is 0. The molecule has 5 rings (SSSR count). The normalized spacial score (nSPS) is 37.8. The van der Waals surface area contributed by atoms with Gasteiger partial charge < -0.3 is 94.8 Å². The Balaban J connectivity index is 1.39. The van der Waals surface area contributed by atoms with E-state index in [1.165, 1.54) is 30.3 Å². The molecule has 0 aliphatic carbocycles. The molecule has 2 aromatic rings. The molecule has 2 aromatic carbocycles. The molecule has 0 spiro atoms. The van der Waals surface area contributed by atoms with Crippen LogP contribution in [0.15, 0.2) is 42.5 Å². The lowest BCUT2D eigenvalue weighted by Crippen LogP contribution is -2.62. The van der Waals surface area contributed by atoms with E-state index < -0.39 is 141 Å². The molecule has 20 heteroatoms. The predicted octanol–water partition coefficient (Wildman–Crippen LogP) is -4.82. The van der Waals surface area contributed by atoms with Crippen LogP contribution in [0.3, 0.4) is 0 Å². The molecular weight excluding hydrogens is 716 g/mol. The van der Waals surface area contributed by atoms with Crippen molar-refractivity contribution in [3.8, 4) is 23.0 Å². The monoisotopic (exact) mass is 758 g/mol. The van der Waals surface area contributed by atoms with E-state index >= 15 is 0 Å². The van der Waals surface area contributed by atoms with Crippen LogP contribution in [0.4, 0.5) is 0 Å². The van der Waals surface area contributed by atoms with Gasteiger partial charge in [-0.3, -0.25) is 4.79 Å². The van der Waals surface area contributed by atoms with Crippen LogP contribution in [-0.2, 0) is 18.9 Å². The number of ketones is 1. The highest BCUT2D eigenvalue weighted by molar-refractivity contribution is 6.10. The molecule has 3 aliphatic rings. The van der Waals surface area contributed by atoms with E-state index in [2.05, 4.69) is 0 Å². The van der Waals surface area contributed by atoms with Gasteiger partial charge in [0.05, 0.1) is 19.8 Å². The van der Waals surface area contributed by atoms with Crippen LogP contribution in [0.1, 0.15) is 15.9 Å². The Labute approximate surface area is 300 Å². The number of allylic oxidation sites excluding steroid dienone is 1. The lowest BCUT2D eigenvalue weighted by atomic mass is 9.98. The zero-order valence-corrected chi connectivity index (χ0v) is 27.6. The van der Waals surface area contributed by atoms with Crippen molar-refractivity contribution >= 4 is 11.9 Å². The van der Waals surface area contributed by atoms with Gasteiger partial charge in [0.15, 0.2) is 12.1 Å². The van der Waals surface area contributed by atoms with Crippen molar-refractivity contribution in [3.63, 3.8) is 0 Å². The number of phenols is 2. The molecule has 294 valence electrons. The van der Waals surface area contributed by atoms with Gasteiger partial charge in [-0.15, -0.1) is 0 Å². The van der Waals surface area contributed by atoms with Crippen LogP contribution < -0.4 is 9.47 Å². The van der Waals surface area contributed by atoms with E-state index in [1.807, 2.05) is 0 Å². The van der Waals surface area contributed by atoms with Gasteiger partial charge in [-0.1, -0.05) is 18.2 Å². The number of rotatable bonds is 12. The van der Waals surface area contributed by atoms with Crippen LogP contribution in [0, 0.1) is 0 Å². The van der Waals surface area contributed by atoms with Gasteiger partial charge in [-0.2, -0.15) is 0 Å². The third-order valence-electron chi connectivity index (χ3n) is 8.91. The zero-order valence-electron chi connectivity index (χ0n) is 27.6. The summed E-state index contributed by atoms with van der Waals surface area (Å²) in [5, 5.41) is 133. The molecule has 3 heterocycles. The summed E-state index contributed by atoms with van der Waals surface area (Å²) in [5.74, 6) is -2.64. The van der Waals surface area contributed by atoms with Crippen molar-refractivity contribution in [1.29, 1.82) is 0 Å². The van der Waals surface area contributed by atoms with Crippen LogP contribution in [0.5, 0.6) is 23.0 Å². The first-order valence-electron chi connectivity index (χ1n) is 16.3. The second kappa shape index (κ2) is 17.3. The van der Waals surface area contributed by atoms with Gasteiger partial charge in [0.1, 0.15) is 102 Å². The summed E-state index contributed by atoms with van der Waals surface area (Å²) in [4.78, 5) is 13.4. The van der Waals surface area contributed by atoms with E-state index in [-0.39, 0.29) is 5.75 Å². The van der Waals surface area contributed by atoms with Crippen molar-refractivity contribution < 1.29 is 99.6 Å². The van der Waals surface area contributed by atoms with Crippen molar-refractivity contribution in [1.82, 2.24) is 0 Å². The number of hydrogen-bond donors (Lipinski definition) is 13. The van der Waals surface area contributed by atoms with Crippen LogP contribution >= 0.6 is 0 Å². The highest BCUT2D eigenvalue weighted by Gasteiger charge is 2.49.